The first-order valence-corrected chi connectivity index (χ1v) is 12.0. The van der Waals surface area contributed by atoms with Gasteiger partial charge in [0.1, 0.15) is 5.75 Å². The number of carbonyl (C=O) groups excluding carboxylic acids is 1. The van der Waals surface area contributed by atoms with Gasteiger partial charge < -0.3 is 10.1 Å². The predicted molar refractivity (Wildman–Crippen MR) is 138 cm³/mol. The van der Waals surface area contributed by atoms with Crippen molar-refractivity contribution in [2.75, 3.05) is 0 Å². The van der Waals surface area contributed by atoms with Gasteiger partial charge in [0.15, 0.2) is 5.60 Å². The van der Waals surface area contributed by atoms with Crippen LogP contribution in [0.5, 0.6) is 5.75 Å². The van der Waals surface area contributed by atoms with Crippen molar-refractivity contribution in [2.24, 2.45) is 0 Å². The van der Waals surface area contributed by atoms with Gasteiger partial charge in [0.05, 0.1) is 0 Å². The highest BCUT2D eigenvalue weighted by atomic mass is 35.5. The largest absolute Gasteiger partial charge is 0.478 e. The van der Waals surface area contributed by atoms with Crippen LogP contribution in [0.2, 0.25) is 20.1 Å². The normalized spacial score (nSPS) is 13.3. The van der Waals surface area contributed by atoms with Gasteiger partial charge in [-0.3, -0.25) is 4.79 Å². The van der Waals surface area contributed by atoms with Gasteiger partial charge in [0.2, 0.25) is 0 Å². The number of ether oxygens (including phenoxy) is 1. The van der Waals surface area contributed by atoms with Crippen LogP contribution in [0.1, 0.15) is 37.8 Å². The van der Waals surface area contributed by atoms with E-state index < -0.39 is 5.60 Å². The van der Waals surface area contributed by atoms with Crippen molar-refractivity contribution in [3.8, 4) is 5.75 Å². The highest BCUT2D eigenvalue weighted by Gasteiger charge is 2.33. The highest BCUT2D eigenvalue weighted by Crippen LogP contribution is 2.31. The van der Waals surface area contributed by atoms with Crippen molar-refractivity contribution in [2.45, 2.75) is 44.8 Å². The summed E-state index contributed by atoms with van der Waals surface area (Å²) < 4.78 is 5.95. The Bertz CT molecular complexity index is 1100. The fourth-order valence-corrected chi connectivity index (χ4v) is 4.28. The van der Waals surface area contributed by atoms with Gasteiger partial charge in [0.25, 0.3) is 5.91 Å². The molecule has 0 aliphatic rings. The summed E-state index contributed by atoms with van der Waals surface area (Å²) in [6.07, 6.45) is 0.609. The molecule has 0 aromatic heterocycles. The zero-order valence-corrected chi connectivity index (χ0v) is 21.6. The first kappa shape index (κ1) is 25.7. The molecule has 174 valence electrons. The van der Waals surface area contributed by atoms with Crippen LogP contribution in [-0.4, -0.2) is 17.6 Å². The minimum absolute atomic E-state index is 0.0591. The van der Waals surface area contributed by atoms with Gasteiger partial charge in [-0.2, -0.15) is 0 Å². The van der Waals surface area contributed by atoms with E-state index in [1.165, 1.54) is 0 Å². The summed E-state index contributed by atoms with van der Waals surface area (Å²) in [6.45, 7) is 5.44. The van der Waals surface area contributed by atoms with E-state index in [1.807, 2.05) is 43.3 Å². The average molecular weight is 525 g/mol. The van der Waals surface area contributed by atoms with Gasteiger partial charge in [0, 0.05) is 32.1 Å². The van der Waals surface area contributed by atoms with Crippen LogP contribution in [0.4, 0.5) is 0 Å². The number of rotatable bonds is 8. The van der Waals surface area contributed by atoms with E-state index in [1.54, 1.807) is 44.2 Å². The molecule has 33 heavy (non-hydrogen) atoms. The van der Waals surface area contributed by atoms with Crippen LogP contribution >= 0.6 is 46.4 Å². The van der Waals surface area contributed by atoms with Crippen LogP contribution in [0.3, 0.4) is 0 Å². The predicted octanol–water partition coefficient (Wildman–Crippen LogP) is 7.99. The van der Waals surface area contributed by atoms with Crippen molar-refractivity contribution in [3.63, 3.8) is 0 Å². The highest BCUT2D eigenvalue weighted by molar-refractivity contribution is 6.35. The monoisotopic (exact) mass is 523 g/mol. The summed E-state index contributed by atoms with van der Waals surface area (Å²) in [5.41, 5.74) is 0.887. The molecule has 2 atom stereocenters. The smallest absolute Gasteiger partial charge is 0.263 e. The summed E-state index contributed by atoms with van der Waals surface area (Å²) >= 11 is 24.6. The lowest BCUT2D eigenvalue weighted by atomic mass is 9.86. The molecule has 0 spiro atoms. The first-order valence-electron chi connectivity index (χ1n) is 10.5. The minimum atomic E-state index is -1.09. The maximum Gasteiger partial charge on any atom is 0.263 e. The van der Waals surface area contributed by atoms with Crippen molar-refractivity contribution in [1.29, 1.82) is 0 Å². The molecule has 0 heterocycles. The number of benzene rings is 3. The van der Waals surface area contributed by atoms with Gasteiger partial charge in [-0.05, 0) is 86.8 Å². The molecule has 1 amide bonds. The van der Waals surface area contributed by atoms with Crippen molar-refractivity contribution in [1.82, 2.24) is 5.32 Å². The second-order valence-corrected chi connectivity index (χ2v) is 10.1. The number of nitrogens with one attached hydrogen (secondary N) is 1. The second-order valence-electron chi connectivity index (χ2n) is 8.43. The minimum Gasteiger partial charge on any atom is -0.478 e. The lowest BCUT2D eigenvalue weighted by molar-refractivity contribution is -0.135. The summed E-state index contributed by atoms with van der Waals surface area (Å²) in [7, 11) is 0. The van der Waals surface area contributed by atoms with Crippen molar-refractivity contribution in [3.05, 3.63) is 97.9 Å². The maximum absolute atomic E-state index is 13.2. The van der Waals surface area contributed by atoms with Crippen molar-refractivity contribution >= 4 is 52.3 Å². The third-order valence-electron chi connectivity index (χ3n) is 5.45. The molecular weight excluding hydrogens is 500 g/mol. The fourth-order valence-electron chi connectivity index (χ4n) is 3.54. The van der Waals surface area contributed by atoms with E-state index in [-0.39, 0.29) is 17.9 Å². The van der Waals surface area contributed by atoms with Crippen molar-refractivity contribution < 1.29 is 9.53 Å². The zero-order chi connectivity index (χ0) is 24.2. The quantitative estimate of drug-likeness (QED) is 0.324. The SMILES string of the molecule is C[C@@H](NC(=O)C(C)(C)Oc1ccc(Cl)cc1)[C@H](Cc1ccc(Cl)cc1Cl)c1ccc(Cl)cc1. The van der Waals surface area contributed by atoms with Gasteiger partial charge in [-0.15, -0.1) is 0 Å². The Labute approximate surface area is 215 Å². The summed E-state index contributed by atoms with van der Waals surface area (Å²) in [4.78, 5) is 13.2. The second kappa shape index (κ2) is 11.0. The summed E-state index contributed by atoms with van der Waals surface area (Å²) in [5, 5.41) is 5.54. The standard InChI is InChI=1S/C26H25Cl4NO2/c1-16(31-25(32)26(2,3)33-22-12-10-20(28)11-13-22)23(17-4-7-19(27)8-5-17)14-18-6-9-21(29)15-24(18)30/h4-13,15-16,23H,14H2,1-3H3,(H,31,32)/t16-,23+/m1/s1. The summed E-state index contributed by atoms with van der Waals surface area (Å²) in [6, 6.07) is 19.8. The van der Waals surface area contributed by atoms with E-state index in [0.29, 0.717) is 32.3 Å². The van der Waals surface area contributed by atoms with E-state index in [0.717, 1.165) is 11.1 Å². The van der Waals surface area contributed by atoms with Gasteiger partial charge >= 0.3 is 0 Å². The lowest BCUT2D eigenvalue weighted by Gasteiger charge is -2.31. The van der Waals surface area contributed by atoms with E-state index in [2.05, 4.69) is 5.32 Å². The number of halogens is 4. The molecule has 7 heteroatoms. The molecule has 0 aliphatic heterocycles. The number of hydrogen-bond donors (Lipinski definition) is 1. The maximum atomic E-state index is 13.2. The Morgan fingerprint density at radius 2 is 1.42 bits per heavy atom. The van der Waals surface area contributed by atoms with Gasteiger partial charge in [-0.1, -0.05) is 64.6 Å². The number of carbonyl (C=O) groups is 1. The van der Waals surface area contributed by atoms with E-state index in [9.17, 15) is 4.79 Å². The molecule has 0 aliphatic carbocycles. The molecule has 3 rings (SSSR count). The Balaban J connectivity index is 1.81. The molecule has 0 fully saturated rings. The molecule has 0 radical (unpaired) electrons. The number of amides is 1. The third kappa shape index (κ3) is 7.04. The molecule has 3 aromatic rings. The Kier molecular flexibility index (Phi) is 8.58. The van der Waals surface area contributed by atoms with Crippen LogP contribution in [0, 0.1) is 0 Å². The van der Waals surface area contributed by atoms with Crippen LogP contribution < -0.4 is 10.1 Å². The summed E-state index contributed by atoms with van der Waals surface area (Å²) in [5.74, 6) is 0.275. The molecule has 0 saturated heterocycles. The molecule has 3 aromatic carbocycles. The topological polar surface area (TPSA) is 38.3 Å². The number of hydrogen-bond acceptors (Lipinski definition) is 2. The zero-order valence-electron chi connectivity index (χ0n) is 18.5. The van der Waals surface area contributed by atoms with E-state index in [4.69, 9.17) is 51.1 Å². The average Bonchev–Trinajstić information content (AvgIpc) is 2.75. The molecule has 3 nitrogen and oxygen atoms in total. The molecule has 0 unspecified atom stereocenters. The molecule has 1 N–H and O–H groups in total. The molecular formula is C26H25Cl4NO2. The van der Waals surface area contributed by atoms with Crippen LogP contribution in [-0.2, 0) is 11.2 Å². The molecule has 0 saturated carbocycles. The van der Waals surface area contributed by atoms with Crippen LogP contribution in [0.25, 0.3) is 0 Å². The Morgan fingerprint density at radius 3 is 2.00 bits per heavy atom. The first-order chi connectivity index (χ1) is 15.5. The fraction of sp³-hybridized carbons (Fsp3) is 0.269. The Hall–Kier alpha value is -1.91. The molecule has 0 bridgehead atoms. The lowest BCUT2D eigenvalue weighted by Crippen LogP contribution is -2.51. The van der Waals surface area contributed by atoms with Gasteiger partial charge in [-0.25, -0.2) is 0 Å². The van der Waals surface area contributed by atoms with E-state index >= 15 is 0 Å². The Morgan fingerprint density at radius 1 is 0.879 bits per heavy atom. The third-order valence-corrected chi connectivity index (χ3v) is 6.54. The van der Waals surface area contributed by atoms with Crippen LogP contribution in [0.15, 0.2) is 66.7 Å².